The Labute approximate surface area is 204 Å². The van der Waals surface area contributed by atoms with Crippen LogP contribution in [0.5, 0.6) is 0 Å². The highest BCUT2D eigenvalue weighted by molar-refractivity contribution is 8.03. The molecule has 3 aromatic rings. The molecule has 0 spiro atoms. The summed E-state index contributed by atoms with van der Waals surface area (Å²) in [6.07, 6.45) is 12.8. The van der Waals surface area contributed by atoms with E-state index in [4.69, 9.17) is 10.1 Å². The zero-order valence-electron chi connectivity index (χ0n) is 20.0. The molecule has 0 bridgehead atoms. The number of aromatic nitrogens is 3. The largest absolute Gasteiger partial charge is 0.382 e. The normalized spacial score (nSPS) is 15.6. The highest BCUT2D eigenvalue weighted by Gasteiger charge is 2.24. The molecule has 1 amide bonds. The minimum absolute atomic E-state index is 0.00971. The number of fused-ring (bicyclic) bond motifs is 1. The van der Waals surface area contributed by atoms with Gasteiger partial charge in [-0.3, -0.25) is 4.79 Å². The van der Waals surface area contributed by atoms with Crippen molar-refractivity contribution < 1.29 is 4.79 Å². The van der Waals surface area contributed by atoms with Gasteiger partial charge in [0.05, 0.1) is 17.6 Å². The number of thioether (sulfide) groups is 1. The first kappa shape index (κ1) is 22.7. The van der Waals surface area contributed by atoms with Crippen LogP contribution >= 0.6 is 11.8 Å². The number of nitrogens with zero attached hydrogens (tertiary/aromatic N) is 3. The van der Waals surface area contributed by atoms with Crippen LogP contribution in [0, 0.1) is 12.8 Å². The third-order valence-corrected chi connectivity index (χ3v) is 6.96. The van der Waals surface area contributed by atoms with Gasteiger partial charge in [-0.1, -0.05) is 49.9 Å². The lowest BCUT2D eigenvalue weighted by Crippen LogP contribution is -2.26. The fraction of sp³-hybridized carbons (Fsp3) is 0.370. The monoisotopic (exact) mass is 473 g/mol. The van der Waals surface area contributed by atoms with E-state index in [1.807, 2.05) is 29.8 Å². The lowest BCUT2D eigenvalue weighted by molar-refractivity contribution is 0.0950. The number of anilines is 1. The van der Waals surface area contributed by atoms with E-state index in [9.17, 15) is 4.79 Å². The summed E-state index contributed by atoms with van der Waals surface area (Å²) >= 11 is 1.68. The third-order valence-electron chi connectivity index (χ3n) is 6.01. The van der Waals surface area contributed by atoms with Crippen LogP contribution in [0.2, 0.25) is 0 Å². The number of carbonyl (C=O) groups excluding carboxylic acids is 1. The van der Waals surface area contributed by atoms with Crippen molar-refractivity contribution in [1.82, 2.24) is 19.9 Å². The Hall–Kier alpha value is -3.06. The van der Waals surface area contributed by atoms with Crippen LogP contribution in [0.1, 0.15) is 55.5 Å². The maximum absolute atomic E-state index is 12.6. The molecule has 1 aromatic carbocycles. The highest BCUT2D eigenvalue weighted by atomic mass is 32.2. The summed E-state index contributed by atoms with van der Waals surface area (Å²) in [7, 11) is 0. The quantitative estimate of drug-likeness (QED) is 0.420. The second-order valence-electron chi connectivity index (χ2n) is 9.52. The summed E-state index contributed by atoms with van der Waals surface area (Å²) in [5, 5.41) is 12.5. The lowest BCUT2D eigenvalue weighted by Gasteiger charge is -2.13. The Morgan fingerprint density at radius 3 is 2.79 bits per heavy atom. The zero-order valence-corrected chi connectivity index (χ0v) is 20.8. The summed E-state index contributed by atoms with van der Waals surface area (Å²) in [5.74, 6) is 0.523. The summed E-state index contributed by atoms with van der Waals surface area (Å²) in [6.45, 7) is 7.23. The smallest absolute Gasteiger partial charge is 0.251 e. The summed E-state index contributed by atoms with van der Waals surface area (Å²) < 4.78 is 1.93. The summed E-state index contributed by atoms with van der Waals surface area (Å²) in [4.78, 5) is 18.5. The van der Waals surface area contributed by atoms with Crippen LogP contribution in [-0.4, -0.2) is 33.1 Å². The van der Waals surface area contributed by atoms with E-state index in [0.29, 0.717) is 12.0 Å². The number of allylic oxidation sites excluding steroid dienone is 3. The van der Waals surface area contributed by atoms with E-state index in [2.05, 4.69) is 54.8 Å². The van der Waals surface area contributed by atoms with E-state index in [1.165, 1.54) is 4.91 Å². The Kier molecular flexibility index (Phi) is 6.46. The molecule has 2 N–H and O–H groups in total. The highest BCUT2D eigenvalue weighted by Crippen LogP contribution is 2.33. The molecule has 2 aliphatic carbocycles. The van der Waals surface area contributed by atoms with E-state index >= 15 is 0 Å². The van der Waals surface area contributed by atoms with Gasteiger partial charge in [-0.05, 0) is 62.3 Å². The van der Waals surface area contributed by atoms with Gasteiger partial charge in [0.15, 0.2) is 5.65 Å². The van der Waals surface area contributed by atoms with Crippen molar-refractivity contribution in [3.8, 4) is 11.3 Å². The van der Waals surface area contributed by atoms with Gasteiger partial charge in [0, 0.05) is 28.6 Å². The fourth-order valence-corrected chi connectivity index (χ4v) is 4.90. The fourth-order valence-electron chi connectivity index (χ4n) is 3.99. The third kappa shape index (κ3) is 5.04. The predicted octanol–water partition coefficient (Wildman–Crippen LogP) is 5.99. The first-order chi connectivity index (χ1) is 16.5. The Balaban J connectivity index is 1.51. The second-order valence-corrected chi connectivity index (χ2v) is 10.6. The van der Waals surface area contributed by atoms with Crippen molar-refractivity contribution in [2.24, 2.45) is 5.92 Å². The molecule has 176 valence electrons. The van der Waals surface area contributed by atoms with Crippen molar-refractivity contribution in [3.63, 3.8) is 0 Å². The van der Waals surface area contributed by atoms with Gasteiger partial charge < -0.3 is 10.6 Å². The lowest BCUT2D eigenvalue weighted by atomic mass is 10.0. The molecule has 0 atom stereocenters. The molecule has 2 aromatic heterocycles. The van der Waals surface area contributed by atoms with Gasteiger partial charge in [0.2, 0.25) is 0 Å². The van der Waals surface area contributed by atoms with Gasteiger partial charge in [-0.25, -0.2) is 9.50 Å². The van der Waals surface area contributed by atoms with Crippen molar-refractivity contribution >= 4 is 29.0 Å². The standard InChI is InChI=1S/C27H31N5OS/c1-17(2)15-28-23-14-25(34-21-7-5-4-6-8-21)31-32-24(16-29-26(23)32)19-9-12-22(18(3)13-19)27(33)30-20-10-11-20/h5,7-9,12-14,16-17,20,28H,4,6,10-11,15H2,1-3H3,(H,30,33). The van der Waals surface area contributed by atoms with Gasteiger partial charge in [0.1, 0.15) is 5.03 Å². The van der Waals surface area contributed by atoms with Crippen molar-refractivity contribution in [2.75, 3.05) is 11.9 Å². The summed E-state index contributed by atoms with van der Waals surface area (Å²) in [6, 6.07) is 8.40. The second kappa shape index (κ2) is 9.66. The van der Waals surface area contributed by atoms with Gasteiger partial charge in [0.25, 0.3) is 5.91 Å². The molecule has 1 saturated carbocycles. The van der Waals surface area contributed by atoms with Crippen LogP contribution in [0.4, 0.5) is 5.69 Å². The van der Waals surface area contributed by atoms with Crippen molar-refractivity contribution in [3.05, 3.63) is 64.7 Å². The van der Waals surface area contributed by atoms with Crippen molar-refractivity contribution in [2.45, 2.75) is 57.5 Å². The van der Waals surface area contributed by atoms with Gasteiger partial charge >= 0.3 is 0 Å². The average molecular weight is 474 g/mol. The zero-order chi connectivity index (χ0) is 23.7. The first-order valence-electron chi connectivity index (χ1n) is 12.1. The van der Waals surface area contributed by atoms with E-state index in [0.717, 1.165) is 71.0 Å². The molecule has 6 nitrogen and oxygen atoms in total. The molecule has 0 unspecified atom stereocenters. The molecule has 0 aliphatic heterocycles. The molecule has 0 radical (unpaired) electrons. The number of amides is 1. The van der Waals surface area contributed by atoms with Crippen molar-refractivity contribution in [1.29, 1.82) is 0 Å². The number of rotatable bonds is 8. The van der Waals surface area contributed by atoms with Crippen LogP contribution in [0.25, 0.3) is 16.9 Å². The SMILES string of the molecule is Cc1cc(-c2cnc3c(NCC(C)C)cc(SC4=CCCC=C4)nn23)ccc1C(=O)NC1CC1. The first-order valence-corrected chi connectivity index (χ1v) is 12.9. The summed E-state index contributed by atoms with van der Waals surface area (Å²) in [5.41, 5.74) is 5.37. The topological polar surface area (TPSA) is 71.3 Å². The number of carbonyl (C=O) groups is 1. The predicted molar refractivity (Wildman–Crippen MR) is 139 cm³/mol. The van der Waals surface area contributed by atoms with Gasteiger partial charge in [-0.2, -0.15) is 5.10 Å². The van der Waals surface area contributed by atoms with Crippen LogP contribution in [0.15, 0.2) is 58.6 Å². The minimum atomic E-state index is 0.00971. The number of benzene rings is 1. The van der Waals surface area contributed by atoms with E-state index < -0.39 is 0 Å². The van der Waals surface area contributed by atoms with Crippen LogP contribution in [0.3, 0.4) is 0 Å². The maximum Gasteiger partial charge on any atom is 0.251 e. The molecule has 7 heteroatoms. The van der Waals surface area contributed by atoms with Crippen LogP contribution in [-0.2, 0) is 0 Å². The Morgan fingerprint density at radius 1 is 1.24 bits per heavy atom. The minimum Gasteiger partial charge on any atom is -0.382 e. The molecule has 34 heavy (non-hydrogen) atoms. The maximum atomic E-state index is 12.6. The Morgan fingerprint density at radius 2 is 2.09 bits per heavy atom. The number of nitrogens with one attached hydrogen (secondary N) is 2. The number of imidazole rings is 1. The molecule has 0 saturated heterocycles. The molecular weight excluding hydrogens is 442 g/mol. The van der Waals surface area contributed by atoms with E-state index in [1.54, 1.807) is 11.8 Å². The molecule has 2 aliphatic rings. The van der Waals surface area contributed by atoms with Crippen LogP contribution < -0.4 is 10.6 Å². The van der Waals surface area contributed by atoms with E-state index in [-0.39, 0.29) is 5.91 Å². The number of aryl methyl sites for hydroxylation is 1. The number of hydrogen-bond acceptors (Lipinski definition) is 5. The molecule has 2 heterocycles. The molecular formula is C27H31N5OS. The average Bonchev–Trinajstić information content (AvgIpc) is 3.53. The Bertz CT molecular complexity index is 1290. The van der Waals surface area contributed by atoms with Gasteiger partial charge in [-0.15, -0.1) is 0 Å². The number of hydrogen-bond donors (Lipinski definition) is 2. The molecule has 1 fully saturated rings. The molecule has 5 rings (SSSR count).